The van der Waals surface area contributed by atoms with Gasteiger partial charge in [0.1, 0.15) is 12.1 Å². The number of carbonyl (C=O) groups excluding carboxylic acids is 1. The van der Waals surface area contributed by atoms with Crippen LogP contribution in [0.4, 0.5) is 5.82 Å². The molecule has 1 aromatic rings. The molecule has 6 nitrogen and oxygen atoms in total. The molecule has 3 heterocycles. The highest BCUT2D eigenvalue weighted by Crippen LogP contribution is 2.27. The first-order chi connectivity index (χ1) is 10.1. The van der Waals surface area contributed by atoms with Gasteiger partial charge in [-0.15, -0.1) is 0 Å². The number of fused-ring (bicyclic) bond motifs is 1. The summed E-state index contributed by atoms with van der Waals surface area (Å²) in [6.45, 7) is 5.39. The van der Waals surface area contributed by atoms with Crippen LogP contribution in [0.25, 0.3) is 0 Å². The van der Waals surface area contributed by atoms with Crippen molar-refractivity contribution in [1.29, 1.82) is 0 Å². The Morgan fingerprint density at radius 1 is 1.38 bits per heavy atom. The van der Waals surface area contributed by atoms with Crippen molar-refractivity contribution in [2.45, 2.75) is 38.8 Å². The van der Waals surface area contributed by atoms with Crippen LogP contribution in [0.2, 0.25) is 0 Å². The molecule has 1 atom stereocenters. The topological polar surface area (TPSA) is 61.4 Å². The second-order valence-electron chi connectivity index (χ2n) is 6.10. The lowest BCUT2D eigenvalue weighted by molar-refractivity contribution is -0.119. The molecule has 114 valence electrons. The van der Waals surface area contributed by atoms with Gasteiger partial charge in [-0.1, -0.05) is 0 Å². The van der Waals surface area contributed by atoms with Gasteiger partial charge in [0.15, 0.2) is 0 Å². The van der Waals surface area contributed by atoms with Crippen LogP contribution in [-0.2, 0) is 17.8 Å². The number of likely N-dealkylation sites (N-methyl/N-ethyl adjacent to an activating group) is 1. The van der Waals surface area contributed by atoms with Gasteiger partial charge in [0, 0.05) is 51.1 Å². The van der Waals surface area contributed by atoms with Crippen LogP contribution in [0, 0.1) is 0 Å². The third-order valence-corrected chi connectivity index (χ3v) is 4.30. The quantitative estimate of drug-likeness (QED) is 0.862. The highest BCUT2D eigenvalue weighted by Gasteiger charge is 2.26. The molecule has 1 N–H and O–H groups in total. The SMILES string of the molecule is CC(=O)N[C@H]1CCCN(c2ncnc3c2CN(C)CC3)C1. The second kappa shape index (κ2) is 5.97. The molecule has 1 aromatic heterocycles. The average molecular weight is 289 g/mol. The van der Waals surface area contributed by atoms with E-state index in [4.69, 9.17) is 0 Å². The Labute approximate surface area is 125 Å². The van der Waals surface area contributed by atoms with Crippen LogP contribution in [0.15, 0.2) is 6.33 Å². The van der Waals surface area contributed by atoms with Crippen molar-refractivity contribution in [3.63, 3.8) is 0 Å². The molecular formula is C15H23N5O. The van der Waals surface area contributed by atoms with Gasteiger partial charge < -0.3 is 15.1 Å². The lowest BCUT2D eigenvalue weighted by atomic mass is 10.0. The highest BCUT2D eigenvalue weighted by atomic mass is 16.1. The van der Waals surface area contributed by atoms with Crippen LogP contribution >= 0.6 is 0 Å². The minimum Gasteiger partial charge on any atom is -0.354 e. The number of piperidine rings is 1. The van der Waals surface area contributed by atoms with Crippen LogP contribution in [-0.4, -0.2) is 53.5 Å². The first kappa shape index (κ1) is 14.3. The van der Waals surface area contributed by atoms with E-state index >= 15 is 0 Å². The van der Waals surface area contributed by atoms with Crippen molar-refractivity contribution >= 4 is 11.7 Å². The normalized spacial score (nSPS) is 22.8. The zero-order valence-electron chi connectivity index (χ0n) is 12.8. The van der Waals surface area contributed by atoms with Gasteiger partial charge in [0.25, 0.3) is 0 Å². The Morgan fingerprint density at radius 2 is 2.24 bits per heavy atom. The van der Waals surface area contributed by atoms with Gasteiger partial charge in [-0.2, -0.15) is 0 Å². The van der Waals surface area contributed by atoms with Gasteiger partial charge in [-0.05, 0) is 19.9 Å². The predicted octanol–water partition coefficient (Wildman–Crippen LogP) is 0.569. The maximum absolute atomic E-state index is 11.3. The van der Waals surface area contributed by atoms with E-state index in [1.54, 1.807) is 13.3 Å². The van der Waals surface area contributed by atoms with E-state index in [1.807, 2.05) is 0 Å². The van der Waals surface area contributed by atoms with E-state index in [2.05, 4.69) is 32.1 Å². The molecule has 0 aromatic carbocycles. The Balaban J connectivity index is 1.81. The van der Waals surface area contributed by atoms with Crippen molar-refractivity contribution in [2.75, 3.05) is 31.6 Å². The van der Waals surface area contributed by atoms with Gasteiger partial charge in [0.05, 0.1) is 5.69 Å². The molecular weight excluding hydrogens is 266 g/mol. The number of rotatable bonds is 2. The average Bonchev–Trinajstić information content (AvgIpc) is 2.46. The first-order valence-corrected chi connectivity index (χ1v) is 7.67. The molecule has 0 radical (unpaired) electrons. The van der Waals surface area contributed by atoms with Gasteiger partial charge in [0.2, 0.25) is 5.91 Å². The number of hydrogen-bond donors (Lipinski definition) is 1. The number of nitrogens with one attached hydrogen (secondary N) is 1. The Kier molecular flexibility index (Phi) is 4.05. The van der Waals surface area contributed by atoms with Crippen molar-refractivity contribution in [2.24, 2.45) is 0 Å². The molecule has 0 aliphatic carbocycles. The molecule has 0 spiro atoms. The number of aromatic nitrogens is 2. The number of hydrogen-bond acceptors (Lipinski definition) is 5. The monoisotopic (exact) mass is 289 g/mol. The maximum Gasteiger partial charge on any atom is 0.217 e. The fourth-order valence-corrected chi connectivity index (χ4v) is 3.31. The lowest BCUT2D eigenvalue weighted by Crippen LogP contribution is -2.48. The van der Waals surface area contributed by atoms with Gasteiger partial charge >= 0.3 is 0 Å². The Bertz CT molecular complexity index is 533. The summed E-state index contributed by atoms with van der Waals surface area (Å²) < 4.78 is 0. The third-order valence-electron chi connectivity index (χ3n) is 4.30. The molecule has 0 unspecified atom stereocenters. The van der Waals surface area contributed by atoms with Crippen LogP contribution in [0.3, 0.4) is 0 Å². The lowest BCUT2D eigenvalue weighted by Gasteiger charge is -2.36. The summed E-state index contributed by atoms with van der Waals surface area (Å²) in [6.07, 6.45) is 4.80. The van der Waals surface area contributed by atoms with Crippen LogP contribution in [0.5, 0.6) is 0 Å². The van der Waals surface area contributed by atoms with E-state index in [0.29, 0.717) is 0 Å². The predicted molar refractivity (Wildman–Crippen MR) is 81.1 cm³/mol. The summed E-state index contributed by atoms with van der Waals surface area (Å²) in [6, 6.07) is 0.225. The van der Waals surface area contributed by atoms with E-state index < -0.39 is 0 Å². The minimum atomic E-state index is 0.0475. The molecule has 3 rings (SSSR count). The summed E-state index contributed by atoms with van der Waals surface area (Å²) in [5.74, 6) is 1.10. The summed E-state index contributed by atoms with van der Waals surface area (Å²) in [5.41, 5.74) is 2.44. The zero-order valence-corrected chi connectivity index (χ0v) is 12.8. The molecule has 6 heteroatoms. The second-order valence-corrected chi connectivity index (χ2v) is 6.10. The molecule has 1 saturated heterocycles. The molecule has 0 saturated carbocycles. The van der Waals surface area contributed by atoms with E-state index in [1.165, 1.54) is 11.3 Å². The Hall–Kier alpha value is -1.69. The largest absolute Gasteiger partial charge is 0.354 e. The summed E-state index contributed by atoms with van der Waals surface area (Å²) in [5, 5.41) is 3.04. The standard InChI is InChI=1S/C15H23N5O/c1-11(21)18-12-4-3-6-20(8-12)15-13-9-19(2)7-5-14(13)16-10-17-15/h10,12H,3-9H2,1-2H3,(H,18,21)/t12-/m0/s1. The fourth-order valence-electron chi connectivity index (χ4n) is 3.31. The number of amides is 1. The highest BCUT2D eigenvalue weighted by molar-refractivity contribution is 5.73. The summed E-state index contributed by atoms with van der Waals surface area (Å²) in [4.78, 5) is 24.9. The van der Waals surface area contributed by atoms with Gasteiger partial charge in [-0.3, -0.25) is 4.79 Å². The van der Waals surface area contributed by atoms with E-state index in [0.717, 1.165) is 51.3 Å². The molecule has 1 amide bonds. The molecule has 2 aliphatic heterocycles. The van der Waals surface area contributed by atoms with Gasteiger partial charge in [-0.25, -0.2) is 9.97 Å². The summed E-state index contributed by atoms with van der Waals surface area (Å²) >= 11 is 0. The molecule has 2 aliphatic rings. The number of carbonyl (C=O) groups is 1. The van der Waals surface area contributed by atoms with Crippen molar-refractivity contribution in [3.05, 3.63) is 17.6 Å². The molecule has 1 fully saturated rings. The number of nitrogens with zero attached hydrogens (tertiary/aromatic N) is 4. The van der Waals surface area contributed by atoms with Crippen LogP contribution in [0.1, 0.15) is 31.0 Å². The van der Waals surface area contributed by atoms with Crippen molar-refractivity contribution < 1.29 is 4.79 Å². The third kappa shape index (κ3) is 3.15. The van der Waals surface area contributed by atoms with E-state index in [-0.39, 0.29) is 11.9 Å². The summed E-state index contributed by atoms with van der Waals surface area (Å²) in [7, 11) is 2.13. The first-order valence-electron chi connectivity index (χ1n) is 7.67. The fraction of sp³-hybridized carbons (Fsp3) is 0.667. The maximum atomic E-state index is 11.3. The molecule has 21 heavy (non-hydrogen) atoms. The van der Waals surface area contributed by atoms with Crippen molar-refractivity contribution in [3.8, 4) is 0 Å². The zero-order chi connectivity index (χ0) is 14.8. The smallest absolute Gasteiger partial charge is 0.217 e. The van der Waals surface area contributed by atoms with Crippen molar-refractivity contribution in [1.82, 2.24) is 20.2 Å². The van der Waals surface area contributed by atoms with E-state index in [9.17, 15) is 4.79 Å². The number of anilines is 1. The van der Waals surface area contributed by atoms with Crippen LogP contribution < -0.4 is 10.2 Å². The Morgan fingerprint density at radius 3 is 3.05 bits per heavy atom. The molecule has 0 bridgehead atoms. The minimum absolute atomic E-state index is 0.0475.